The lowest BCUT2D eigenvalue weighted by molar-refractivity contribution is -0.136. The van der Waals surface area contributed by atoms with Crippen LogP contribution in [-0.2, 0) is 23.9 Å². The fraction of sp³-hybridized carbons (Fsp3) is 0.500. The van der Waals surface area contributed by atoms with Crippen molar-refractivity contribution in [3.8, 4) is 0 Å². The summed E-state index contributed by atoms with van der Waals surface area (Å²) in [5.41, 5.74) is 0.658. The maximum Gasteiger partial charge on any atom is 0.264 e. The lowest BCUT2D eigenvalue weighted by Crippen LogP contribution is -2.54. The lowest BCUT2D eigenvalue weighted by atomic mass is 10.0. The number of ether oxygens (including phenoxy) is 2. The Balaban J connectivity index is 1.56. The number of carbonyl (C=O) groups excluding carboxylic acids is 5. The van der Waals surface area contributed by atoms with Crippen molar-refractivity contribution in [2.75, 3.05) is 38.3 Å². The zero-order chi connectivity index (χ0) is 23.1. The van der Waals surface area contributed by atoms with Crippen LogP contribution in [0.5, 0.6) is 0 Å². The summed E-state index contributed by atoms with van der Waals surface area (Å²) in [6.45, 7) is 3.99. The fourth-order valence-corrected chi connectivity index (χ4v) is 3.68. The number of nitrogens with one attached hydrogen (secondary N) is 2. The fourth-order valence-electron chi connectivity index (χ4n) is 3.68. The normalized spacial score (nSPS) is 18.0. The molecule has 1 fully saturated rings. The van der Waals surface area contributed by atoms with E-state index >= 15 is 0 Å². The number of amides is 4. The molecule has 32 heavy (non-hydrogen) atoms. The molecule has 1 saturated heterocycles. The zero-order valence-electron chi connectivity index (χ0n) is 18.0. The van der Waals surface area contributed by atoms with Crippen molar-refractivity contribution in [1.82, 2.24) is 10.2 Å². The molecule has 2 aliphatic heterocycles. The Morgan fingerprint density at radius 3 is 2.66 bits per heavy atom. The molecule has 0 spiro atoms. The maximum atomic E-state index is 13.0. The molecule has 0 radical (unpaired) electrons. The van der Waals surface area contributed by atoms with Crippen LogP contribution in [-0.4, -0.2) is 73.3 Å². The van der Waals surface area contributed by atoms with Crippen molar-refractivity contribution >= 4 is 35.1 Å². The Morgan fingerprint density at radius 2 is 1.91 bits per heavy atom. The van der Waals surface area contributed by atoms with E-state index in [0.29, 0.717) is 45.0 Å². The summed E-state index contributed by atoms with van der Waals surface area (Å²) in [5.74, 6) is -2.35. The maximum absolute atomic E-state index is 13.0. The SMILES string of the molecule is CCOCCOCCCC(=O)CNc1cccc2c1C(=O)N(C1CCC(=O)NC1=O)C2=O. The zero-order valence-corrected chi connectivity index (χ0v) is 18.0. The van der Waals surface area contributed by atoms with Crippen LogP contribution in [0.3, 0.4) is 0 Å². The van der Waals surface area contributed by atoms with Gasteiger partial charge in [0.2, 0.25) is 11.8 Å². The van der Waals surface area contributed by atoms with Gasteiger partial charge in [0.15, 0.2) is 5.78 Å². The van der Waals surface area contributed by atoms with E-state index in [4.69, 9.17) is 9.47 Å². The van der Waals surface area contributed by atoms with E-state index in [0.717, 1.165) is 4.90 Å². The molecule has 1 aromatic carbocycles. The van der Waals surface area contributed by atoms with Gasteiger partial charge in [-0.1, -0.05) is 6.07 Å². The number of nitrogens with zero attached hydrogens (tertiary/aromatic N) is 1. The number of imide groups is 2. The van der Waals surface area contributed by atoms with Crippen LogP contribution < -0.4 is 10.6 Å². The number of benzene rings is 1. The Labute approximate surface area is 185 Å². The highest BCUT2D eigenvalue weighted by Crippen LogP contribution is 2.32. The number of ketones is 1. The van der Waals surface area contributed by atoms with Gasteiger partial charge in [0.05, 0.1) is 30.9 Å². The molecule has 10 heteroatoms. The molecule has 1 unspecified atom stereocenters. The Hall–Kier alpha value is -3.11. The number of rotatable bonds is 12. The van der Waals surface area contributed by atoms with Gasteiger partial charge in [-0.25, -0.2) is 0 Å². The van der Waals surface area contributed by atoms with Crippen molar-refractivity contribution in [1.29, 1.82) is 0 Å². The third-order valence-corrected chi connectivity index (χ3v) is 5.26. The number of hydrogen-bond acceptors (Lipinski definition) is 8. The summed E-state index contributed by atoms with van der Waals surface area (Å²) in [4.78, 5) is 62.5. The molecule has 1 aromatic rings. The van der Waals surface area contributed by atoms with Crippen molar-refractivity contribution in [2.45, 2.75) is 38.6 Å². The second-order valence-electron chi connectivity index (χ2n) is 7.48. The van der Waals surface area contributed by atoms with E-state index in [1.165, 1.54) is 6.07 Å². The summed E-state index contributed by atoms with van der Waals surface area (Å²) in [5, 5.41) is 5.11. The molecular formula is C22H27N3O7. The second-order valence-corrected chi connectivity index (χ2v) is 7.48. The first-order chi connectivity index (χ1) is 15.4. The largest absolute Gasteiger partial charge is 0.379 e. The van der Waals surface area contributed by atoms with Crippen LogP contribution >= 0.6 is 0 Å². The van der Waals surface area contributed by atoms with E-state index in [-0.39, 0.29) is 36.3 Å². The van der Waals surface area contributed by atoms with E-state index in [2.05, 4.69) is 10.6 Å². The lowest BCUT2D eigenvalue weighted by Gasteiger charge is -2.27. The minimum atomic E-state index is -1.03. The topological polar surface area (TPSA) is 131 Å². The first-order valence-corrected chi connectivity index (χ1v) is 10.7. The highest BCUT2D eigenvalue weighted by Gasteiger charge is 2.45. The molecule has 2 aliphatic rings. The Morgan fingerprint density at radius 1 is 1.12 bits per heavy atom. The van der Waals surface area contributed by atoms with E-state index < -0.39 is 29.7 Å². The molecule has 2 N–H and O–H groups in total. The monoisotopic (exact) mass is 445 g/mol. The number of Topliss-reactive ketones (excluding diaryl/α,β-unsaturated/α-hetero) is 1. The molecule has 0 aliphatic carbocycles. The first-order valence-electron chi connectivity index (χ1n) is 10.7. The van der Waals surface area contributed by atoms with Crippen molar-refractivity contribution in [3.05, 3.63) is 29.3 Å². The van der Waals surface area contributed by atoms with Gasteiger partial charge in [-0.15, -0.1) is 0 Å². The number of fused-ring (bicyclic) bond motifs is 1. The Bertz CT molecular complexity index is 915. The van der Waals surface area contributed by atoms with Gasteiger partial charge in [0.1, 0.15) is 6.04 Å². The number of hydrogen-bond donors (Lipinski definition) is 2. The van der Waals surface area contributed by atoms with Crippen molar-refractivity contribution in [2.24, 2.45) is 0 Å². The molecule has 0 bridgehead atoms. The summed E-state index contributed by atoms with van der Waals surface area (Å²) in [7, 11) is 0. The van der Waals surface area contributed by atoms with Crippen LogP contribution in [0.25, 0.3) is 0 Å². The average molecular weight is 445 g/mol. The molecule has 3 rings (SSSR count). The summed E-state index contributed by atoms with van der Waals surface area (Å²) in [6.07, 6.45) is 1.02. The van der Waals surface area contributed by atoms with Gasteiger partial charge < -0.3 is 14.8 Å². The summed E-state index contributed by atoms with van der Waals surface area (Å²) in [6, 6.07) is 3.70. The Kier molecular flexibility index (Phi) is 8.07. The molecule has 172 valence electrons. The molecule has 10 nitrogen and oxygen atoms in total. The molecule has 0 aromatic heterocycles. The van der Waals surface area contributed by atoms with Crippen molar-refractivity contribution in [3.63, 3.8) is 0 Å². The molecule has 4 amide bonds. The van der Waals surface area contributed by atoms with E-state index in [1.807, 2.05) is 6.92 Å². The highest BCUT2D eigenvalue weighted by molar-refractivity contribution is 6.25. The van der Waals surface area contributed by atoms with Crippen LogP contribution in [0.15, 0.2) is 18.2 Å². The number of anilines is 1. The number of carbonyl (C=O) groups is 5. The molecule has 2 heterocycles. The van der Waals surface area contributed by atoms with Crippen LogP contribution in [0.1, 0.15) is 53.3 Å². The van der Waals surface area contributed by atoms with E-state index in [1.54, 1.807) is 12.1 Å². The third-order valence-electron chi connectivity index (χ3n) is 5.26. The summed E-state index contributed by atoms with van der Waals surface area (Å²) >= 11 is 0. The van der Waals surface area contributed by atoms with Gasteiger partial charge in [0.25, 0.3) is 11.8 Å². The smallest absolute Gasteiger partial charge is 0.264 e. The van der Waals surface area contributed by atoms with Gasteiger partial charge >= 0.3 is 0 Å². The van der Waals surface area contributed by atoms with Gasteiger partial charge in [-0.05, 0) is 31.9 Å². The van der Waals surface area contributed by atoms with Crippen LogP contribution in [0.2, 0.25) is 0 Å². The van der Waals surface area contributed by atoms with Crippen LogP contribution in [0.4, 0.5) is 5.69 Å². The molecular weight excluding hydrogens is 418 g/mol. The number of piperidine rings is 1. The second kappa shape index (κ2) is 11.0. The minimum Gasteiger partial charge on any atom is -0.379 e. The summed E-state index contributed by atoms with van der Waals surface area (Å²) < 4.78 is 10.5. The molecule has 1 atom stereocenters. The van der Waals surface area contributed by atoms with Gasteiger partial charge in [-0.3, -0.25) is 34.2 Å². The quantitative estimate of drug-likeness (QED) is 0.358. The third kappa shape index (κ3) is 5.38. The van der Waals surface area contributed by atoms with Crippen molar-refractivity contribution < 1.29 is 33.4 Å². The van der Waals surface area contributed by atoms with Gasteiger partial charge in [0, 0.05) is 31.7 Å². The minimum absolute atomic E-state index is 0.00468. The molecule has 0 saturated carbocycles. The average Bonchev–Trinajstić information content (AvgIpc) is 3.02. The predicted molar refractivity (Wildman–Crippen MR) is 113 cm³/mol. The first kappa shape index (κ1) is 23.6. The standard InChI is InChI=1S/C22H27N3O7/c1-2-31-11-12-32-10-4-5-14(26)13-23-16-7-3-6-15-19(16)22(30)25(21(15)29)17-8-9-18(27)24-20(17)28/h3,6-7,17,23H,2,4-5,8-13H2,1H3,(H,24,27,28). The van der Waals surface area contributed by atoms with Crippen LogP contribution in [0, 0.1) is 0 Å². The van der Waals surface area contributed by atoms with Gasteiger partial charge in [-0.2, -0.15) is 0 Å². The highest BCUT2D eigenvalue weighted by atomic mass is 16.5. The predicted octanol–water partition coefficient (Wildman–Crippen LogP) is 0.902. The van der Waals surface area contributed by atoms with E-state index in [9.17, 15) is 24.0 Å².